The Bertz CT molecular complexity index is 651. The summed E-state index contributed by atoms with van der Waals surface area (Å²) in [6.07, 6.45) is 3.49. The van der Waals surface area contributed by atoms with Gasteiger partial charge in [0.05, 0.1) is 0 Å². The third-order valence-corrected chi connectivity index (χ3v) is 5.49. The largest absolute Gasteiger partial charge is 0.354 e. The van der Waals surface area contributed by atoms with Gasteiger partial charge in [0.15, 0.2) is 0 Å². The minimum atomic E-state index is -3.62. The third-order valence-electron chi connectivity index (χ3n) is 4.12. The van der Waals surface area contributed by atoms with E-state index in [9.17, 15) is 13.2 Å². The van der Waals surface area contributed by atoms with E-state index in [-0.39, 0.29) is 28.6 Å². The first kappa shape index (κ1) is 20.0. The fraction of sp³-hybridized carbons (Fsp3) is 0.643. The summed E-state index contributed by atoms with van der Waals surface area (Å²) in [5, 5.41) is 5.79. The first-order valence-electron chi connectivity index (χ1n) is 7.36. The lowest BCUT2D eigenvalue weighted by Crippen LogP contribution is -2.45. The molecule has 0 aromatic carbocycles. The van der Waals surface area contributed by atoms with Crippen LogP contribution in [-0.2, 0) is 17.1 Å². The molecule has 1 unspecified atom stereocenters. The molecule has 1 aliphatic rings. The Morgan fingerprint density at radius 1 is 1.48 bits per heavy atom. The lowest BCUT2D eigenvalue weighted by Gasteiger charge is -2.34. The smallest absolute Gasteiger partial charge is 0.267 e. The minimum absolute atomic E-state index is 0. The van der Waals surface area contributed by atoms with Crippen LogP contribution in [0.2, 0.25) is 0 Å². The average Bonchev–Trinajstić information content (AvgIpc) is 2.88. The zero-order chi connectivity index (χ0) is 16.4. The van der Waals surface area contributed by atoms with Gasteiger partial charge in [-0.15, -0.1) is 12.4 Å². The molecular weight excluding hydrogens is 340 g/mol. The van der Waals surface area contributed by atoms with Gasteiger partial charge >= 0.3 is 0 Å². The topological polar surface area (TPSA) is 92.2 Å². The Morgan fingerprint density at radius 2 is 2.17 bits per heavy atom. The number of carbonyl (C=O) groups excluding carboxylic acids is 1. The van der Waals surface area contributed by atoms with E-state index >= 15 is 0 Å². The number of sulfonamides is 1. The number of piperidine rings is 1. The molecular formula is C14H25ClN4O3S. The van der Waals surface area contributed by atoms with Gasteiger partial charge in [-0.05, 0) is 30.9 Å². The molecule has 1 saturated heterocycles. The van der Waals surface area contributed by atoms with Crippen molar-refractivity contribution in [3.63, 3.8) is 0 Å². The van der Waals surface area contributed by atoms with Gasteiger partial charge in [0.1, 0.15) is 10.6 Å². The van der Waals surface area contributed by atoms with Crippen molar-refractivity contribution in [1.82, 2.24) is 19.9 Å². The highest BCUT2D eigenvalue weighted by Crippen LogP contribution is 2.25. The van der Waals surface area contributed by atoms with E-state index < -0.39 is 10.0 Å². The molecule has 1 atom stereocenters. The highest BCUT2D eigenvalue weighted by molar-refractivity contribution is 7.89. The number of amides is 1. The highest BCUT2D eigenvalue weighted by atomic mass is 35.5. The quantitative estimate of drug-likeness (QED) is 0.708. The van der Waals surface area contributed by atoms with Gasteiger partial charge in [0.2, 0.25) is 10.0 Å². The van der Waals surface area contributed by atoms with E-state index in [0.717, 1.165) is 25.9 Å². The van der Waals surface area contributed by atoms with Crippen molar-refractivity contribution >= 4 is 28.3 Å². The third kappa shape index (κ3) is 4.69. The molecule has 0 spiro atoms. The monoisotopic (exact) mass is 364 g/mol. The van der Waals surface area contributed by atoms with Crippen LogP contribution in [0.1, 0.15) is 30.3 Å². The summed E-state index contributed by atoms with van der Waals surface area (Å²) in [6.45, 7) is 4.24. The summed E-state index contributed by atoms with van der Waals surface area (Å²) >= 11 is 0. The van der Waals surface area contributed by atoms with E-state index in [0.29, 0.717) is 12.2 Å². The van der Waals surface area contributed by atoms with Gasteiger partial charge in [0.25, 0.3) is 5.91 Å². The van der Waals surface area contributed by atoms with E-state index in [1.807, 2.05) is 0 Å². The SMILES string of the molecule is CNC(=O)c1cc(S(=O)(=O)NCC2(C)CCCNC2)cn1C.Cl. The molecule has 132 valence electrons. The lowest BCUT2D eigenvalue weighted by atomic mass is 9.83. The molecule has 1 amide bonds. The van der Waals surface area contributed by atoms with Crippen LogP contribution in [0.15, 0.2) is 17.2 Å². The van der Waals surface area contributed by atoms with Gasteiger partial charge < -0.3 is 15.2 Å². The van der Waals surface area contributed by atoms with Crippen molar-refractivity contribution in [1.29, 1.82) is 0 Å². The zero-order valence-corrected chi connectivity index (χ0v) is 15.3. The molecule has 3 N–H and O–H groups in total. The second kappa shape index (κ2) is 7.65. The first-order chi connectivity index (χ1) is 10.3. The number of hydrogen-bond acceptors (Lipinski definition) is 4. The molecule has 0 bridgehead atoms. The molecule has 0 radical (unpaired) electrons. The predicted molar refractivity (Wildman–Crippen MR) is 91.5 cm³/mol. The van der Waals surface area contributed by atoms with Crippen molar-refractivity contribution in [3.8, 4) is 0 Å². The molecule has 1 aromatic heterocycles. The van der Waals surface area contributed by atoms with Crippen molar-refractivity contribution < 1.29 is 13.2 Å². The van der Waals surface area contributed by atoms with Crippen molar-refractivity contribution in [2.45, 2.75) is 24.7 Å². The number of aryl methyl sites for hydroxylation is 1. The van der Waals surface area contributed by atoms with Crippen LogP contribution in [0, 0.1) is 5.41 Å². The minimum Gasteiger partial charge on any atom is -0.354 e. The summed E-state index contributed by atoms with van der Waals surface area (Å²) in [4.78, 5) is 11.8. The molecule has 2 rings (SSSR count). The Kier molecular flexibility index (Phi) is 6.64. The Labute approximate surface area is 143 Å². The predicted octanol–water partition coefficient (Wildman–Crippen LogP) is 0.474. The average molecular weight is 365 g/mol. The van der Waals surface area contributed by atoms with E-state index in [1.54, 1.807) is 7.05 Å². The Morgan fingerprint density at radius 3 is 2.74 bits per heavy atom. The summed E-state index contributed by atoms with van der Waals surface area (Å²) in [6, 6.07) is 1.39. The molecule has 23 heavy (non-hydrogen) atoms. The maximum atomic E-state index is 12.4. The molecule has 1 aromatic rings. The number of aromatic nitrogens is 1. The molecule has 2 heterocycles. The van der Waals surface area contributed by atoms with Crippen LogP contribution < -0.4 is 15.4 Å². The van der Waals surface area contributed by atoms with Crippen LogP contribution in [-0.4, -0.2) is 45.6 Å². The fourth-order valence-electron chi connectivity index (χ4n) is 2.66. The fourth-order valence-corrected chi connectivity index (χ4v) is 3.93. The molecule has 7 nitrogen and oxygen atoms in total. The Balaban J connectivity index is 0.00000264. The number of hydrogen-bond donors (Lipinski definition) is 3. The van der Waals surface area contributed by atoms with Gasteiger partial charge in [-0.25, -0.2) is 13.1 Å². The van der Waals surface area contributed by atoms with Gasteiger partial charge in [-0.3, -0.25) is 4.79 Å². The second-order valence-electron chi connectivity index (χ2n) is 6.17. The first-order valence-corrected chi connectivity index (χ1v) is 8.85. The van der Waals surface area contributed by atoms with E-state index in [2.05, 4.69) is 22.3 Å². The normalized spacial score (nSPS) is 21.5. The van der Waals surface area contributed by atoms with Gasteiger partial charge in [0, 0.05) is 33.4 Å². The van der Waals surface area contributed by atoms with Crippen LogP contribution in [0.3, 0.4) is 0 Å². The van der Waals surface area contributed by atoms with Gasteiger partial charge in [-0.1, -0.05) is 6.92 Å². The number of rotatable bonds is 5. The van der Waals surface area contributed by atoms with E-state index in [4.69, 9.17) is 0 Å². The maximum absolute atomic E-state index is 12.4. The zero-order valence-electron chi connectivity index (χ0n) is 13.7. The standard InChI is InChI=1S/C14H24N4O3S.ClH/c1-14(5-4-6-16-9-14)10-17-22(20,21)11-7-12(13(19)15-2)18(3)8-11;/h7-8,16-17H,4-6,9-10H2,1-3H3,(H,15,19);1H. The van der Waals surface area contributed by atoms with Crippen LogP contribution in [0.4, 0.5) is 0 Å². The molecule has 9 heteroatoms. The molecule has 0 saturated carbocycles. The van der Waals surface area contributed by atoms with Crippen LogP contribution >= 0.6 is 12.4 Å². The summed E-state index contributed by atoms with van der Waals surface area (Å²) in [7, 11) is -0.458. The lowest BCUT2D eigenvalue weighted by molar-refractivity contribution is 0.0955. The second-order valence-corrected chi connectivity index (χ2v) is 7.93. The number of carbonyl (C=O) groups is 1. The maximum Gasteiger partial charge on any atom is 0.267 e. The van der Waals surface area contributed by atoms with Crippen LogP contribution in [0.25, 0.3) is 0 Å². The Hall–Kier alpha value is -1.09. The van der Waals surface area contributed by atoms with Crippen molar-refractivity contribution in [2.24, 2.45) is 12.5 Å². The number of nitrogens with one attached hydrogen (secondary N) is 3. The summed E-state index contributed by atoms with van der Waals surface area (Å²) in [5.41, 5.74) is 0.234. The summed E-state index contributed by atoms with van der Waals surface area (Å²) < 4.78 is 29.0. The molecule has 0 aliphatic carbocycles. The van der Waals surface area contributed by atoms with Crippen LogP contribution in [0.5, 0.6) is 0 Å². The number of nitrogens with zero attached hydrogens (tertiary/aromatic N) is 1. The highest BCUT2D eigenvalue weighted by Gasteiger charge is 2.29. The van der Waals surface area contributed by atoms with Crippen molar-refractivity contribution in [2.75, 3.05) is 26.7 Å². The summed E-state index contributed by atoms with van der Waals surface area (Å²) in [5.74, 6) is -0.313. The molecule has 1 fully saturated rings. The molecule has 1 aliphatic heterocycles. The number of halogens is 1. The van der Waals surface area contributed by atoms with Gasteiger partial charge in [-0.2, -0.15) is 0 Å². The van der Waals surface area contributed by atoms with E-state index in [1.165, 1.54) is 23.9 Å². The van der Waals surface area contributed by atoms with Crippen molar-refractivity contribution in [3.05, 3.63) is 18.0 Å².